The minimum Gasteiger partial charge on any atom is -0.465 e. The maximum absolute atomic E-state index is 12.2. The number of ether oxygens (including phenoxy) is 1. The zero-order valence-electron chi connectivity index (χ0n) is 15.2. The Morgan fingerprint density at radius 1 is 1.04 bits per heavy atom. The summed E-state index contributed by atoms with van der Waals surface area (Å²) in [5, 5.41) is 2.70. The van der Waals surface area contributed by atoms with Gasteiger partial charge in [-0.1, -0.05) is 42.5 Å². The summed E-state index contributed by atoms with van der Waals surface area (Å²) in [6.07, 6.45) is 1.26. The molecule has 0 radical (unpaired) electrons. The number of hydrogen-bond acceptors (Lipinski definition) is 5. The fourth-order valence-electron chi connectivity index (χ4n) is 2.58. The fourth-order valence-corrected chi connectivity index (χ4v) is 3.52. The second kappa shape index (κ2) is 9.18. The molecule has 144 valence electrons. The summed E-state index contributed by atoms with van der Waals surface area (Å²) in [6.45, 7) is 0.0988. The summed E-state index contributed by atoms with van der Waals surface area (Å²) in [5.74, 6) is -0.844. The minimum absolute atomic E-state index is 0.00658. The SMILES string of the molecule is COC(=O)c1ccccc1N(CCNC(=O)Cc1ccccc1)S(C)(=O)=O. The standard InChI is InChI=1S/C19H22N2O5S/c1-26-19(23)16-10-6-7-11-17(16)21(27(2,24)25)13-12-20-18(22)14-15-8-4-3-5-9-15/h3-11H,12-14H2,1-2H3,(H,20,22). The van der Waals surface area contributed by atoms with Crippen LogP contribution in [0.3, 0.4) is 0 Å². The number of benzene rings is 2. The van der Waals surface area contributed by atoms with Crippen molar-refractivity contribution < 1.29 is 22.7 Å². The van der Waals surface area contributed by atoms with Crippen molar-refractivity contribution >= 4 is 27.6 Å². The molecule has 2 rings (SSSR count). The van der Waals surface area contributed by atoms with Gasteiger partial charge in [-0.2, -0.15) is 0 Å². The van der Waals surface area contributed by atoms with E-state index < -0.39 is 16.0 Å². The minimum atomic E-state index is -3.66. The number of nitrogens with one attached hydrogen (secondary N) is 1. The van der Waals surface area contributed by atoms with Gasteiger partial charge >= 0.3 is 5.97 Å². The van der Waals surface area contributed by atoms with Crippen molar-refractivity contribution in [3.05, 3.63) is 65.7 Å². The van der Waals surface area contributed by atoms with Crippen molar-refractivity contribution in [3.8, 4) is 0 Å². The second-order valence-electron chi connectivity index (χ2n) is 5.86. The third-order valence-corrected chi connectivity index (χ3v) is 5.00. The van der Waals surface area contributed by atoms with Crippen LogP contribution in [0.15, 0.2) is 54.6 Å². The van der Waals surface area contributed by atoms with Gasteiger partial charge in [0.05, 0.1) is 37.6 Å². The Balaban J connectivity index is 2.09. The number of carbonyl (C=O) groups excluding carboxylic acids is 2. The molecule has 2 aromatic rings. The van der Waals surface area contributed by atoms with Crippen molar-refractivity contribution in [1.82, 2.24) is 5.32 Å². The molecule has 0 atom stereocenters. The molecule has 7 nitrogen and oxygen atoms in total. The molecule has 2 aromatic carbocycles. The fraction of sp³-hybridized carbons (Fsp3) is 0.263. The van der Waals surface area contributed by atoms with Crippen molar-refractivity contribution in [3.63, 3.8) is 0 Å². The monoisotopic (exact) mass is 390 g/mol. The van der Waals surface area contributed by atoms with Gasteiger partial charge in [0.15, 0.2) is 0 Å². The zero-order valence-corrected chi connectivity index (χ0v) is 16.0. The quantitative estimate of drug-likeness (QED) is 0.691. The Hall–Kier alpha value is -2.87. The summed E-state index contributed by atoms with van der Waals surface area (Å²) in [5.41, 5.74) is 1.22. The van der Waals surface area contributed by atoms with E-state index in [0.717, 1.165) is 16.1 Å². The first-order valence-corrected chi connectivity index (χ1v) is 10.1. The highest BCUT2D eigenvalue weighted by molar-refractivity contribution is 7.92. The predicted molar refractivity (Wildman–Crippen MR) is 103 cm³/mol. The molecule has 0 aliphatic rings. The Morgan fingerprint density at radius 3 is 2.30 bits per heavy atom. The number of amides is 1. The lowest BCUT2D eigenvalue weighted by Gasteiger charge is -2.24. The van der Waals surface area contributed by atoms with Gasteiger partial charge in [0.2, 0.25) is 15.9 Å². The summed E-state index contributed by atoms with van der Waals surface area (Å²) in [6, 6.07) is 15.5. The van der Waals surface area contributed by atoms with Crippen LogP contribution in [-0.4, -0.2) is 46.7 Å². The smallest absolute Gasteiger partial charge is 0.340 e. The highest BCUT2D eigenvalue weighted by atomic mass is 32.2. The van der Waals surface area contributed by atoms with Gasteiger partial charge in [-0.25, -0.2) is 13.2 Å². The van der Waals surface area contributed by atoms with Crippen LogP contribution < -0.4 is 9.62 Å². The number of anilines is 1. The van der Waals surface area contributed by atoms with Gasteiger partial charge in [-0.15, -0.1) is 0 Å². The number of sulfonamides is 1. The Bertz CT molecular complexity index is 897. The van der Waals surface area contributed by atoms with Gasteiger partial charge in [0, 0.05) is 6.54 Å². The lowest BCUT2D eigenvalue weighted by Crippen LogP contribution is -2.39. The van der Waals surface area contributed by atoms with Crippen molar-refractivity contribution in [2.24, 2.45) is 0 Å². The molecule has 27 heavy (non-hydrogen) atoms. The van der Waals surface area contributed by atoms with E-state index in [1.54, 1.807) is 12.1 Å². The number of methoxy groups -OCH3 is 1. The van der Waals surface area contributed by atoms with E-state index in [1.165, 1.54) is 19.2 Å². The van der Waals surface area contributed by atoms with E-state index in [4.69, 9.17) is 4.74 Å². The number of carbonyl (C=O) groups is 2. The first-order valence-electron chi connectivity index (χ1n) is 8.28. The number of rotatable bonds is 8. The van der Waals surface area contributed by atoms with E-state index in [0.29, 0.717) is 0 Å². The molecule has 0 aliphatic heterocycles. The van der Waals surface area contributed by atoms with Crippen molar-refractivity contribution in [2.75, 3.05) is 30.8 Å². The Kier molecular flexibility index (Phi) is 6.95. The molecule has 0 spiro atoms. The summed E-state index contributed by atoms with van der Waals surface area (Å²) in [4.78, 5) is 24.0. The Labute approximate surface area is 159 Å². The third-order valence-electron chi connectivity index (χ3n) is 3.82. The molecule has 0 fully saturated rings. The van der Waals surface area contributed by atoms with Crippen LogP contribution in [0.5, 0.6) is 0 Å². The molecule has 0 bridgehead atoms. The molecule has 1 amide bonds. The van der Waals surface area contributed by atoms with Crippen LogP contribution in [0, 0.1) is 0 Å². The average molecular weight is 390 g/mol. The van der Waals surface area contributed by atoms with E-state index in [1.807, 2.05) is 30.3 Å². The van der Waals surface area contributed by atoms with Crippen LogP contribution >= 0.6 is 0 Å². The van der Waals surface area contributed by atoms with Gasteiger partial charge in [-0.05, 0) is 17.7 Å². The lowest BCUT2D eigenvalue weighted by molar-refractivity contribution is -0.120. The molecule has 1 N–H and O–H groups in total. The van der Waals surface area contributed by atoms with E-state index in [9.17, 15) is 18.0 Å². The third kappa shape index (κ3) is 5.82. The molecule has 0 saturated heterocycles. The van der Waals surface area contributed by atoms with Crippen molar-refractivity contribution in [1.29, 1.82) is 0 Å². The average Bonchev–Trinajstić information content (AvgIpc) is 2.64. The first-order chi connectivity index (χ1) is 12.8. The van der Waals surface area contributed by atoms with Gasteiger partial charge in [0.25, 0.3) is 0 Å². The number of hydrogen-bond donors (Lipinski definition) is 1. The summed E-state index contributed by atoms with van der Waals surface area (Å²) in [7, 11) is -2.43. The normalized spacial score (nSPS) is 10.9. The molecule has 0 aliphatic carbocycles. The lowest BCUT2D eigenvalue weighted by atomic mass is 10.1. The molecular formula is C19H22N2O5S. The van der Waals surface area contributed by atoms with Gasteiger partial charge in [0.1, 0.15) is 0 Å². The second-order valence-corrected chi connectivity index (χ2v) is 7.76. The zero-order chi connectivity index (χ0) is 19.9. The van der Waals surface area contributed by atoms with Gasteiger partial charge < -0.3 is 10.1 Å². The number of para-hydroxylation sites is 1. The molecule has 0 heterocycles. The predicted octanol–water partition coefficient (Wildman–Crippen LogP) is 1.60. The molecule has 0 aromatic heterocycles. The first kappa shape index (κ1) is 20.4. The Morgan fingerprint density at radius 2 is 1.67 bits per heavy atom. The molecule has 0 saturated carbocycles. The summed E-state index contributed by atoms with van der Waals surface area (Å²) >= 11 is 0. The van der Waals surface area contributed by atoms with E-state index >= 15 is 0 Å². The number of esters is 1. The molecular weight excluding hydrogens is 368 g/mol. The molecule has 0 unspecified atom stereocenters. The van der Waals surface area contributed by atoms with Crippen LogP contribution in [-0.2, 0) is 26.0 Å². The highest BCUT2D eigenvalue weighted by Gasteiger charge is 2.23. The molecule has 8 heteroatoms. The highest BCUT2D eigenvalue weighted by Crippen LogP contribution is 2.23. The summed E-state index contributed by atoms with van der Waals surface area (Å²) < 4.78 is 30.2. The van der Waals surface area contributed by atoms with Crippen LogP contribution in [0.25, 0.3) is 0 Å². The maximum Gasteiger partial charge on any atom is 0.340 e. The van der Waals surface area contributed by atoms with E-state index in [2.05, 4.69) is 5.32 Å². The van der Waals surface area contributed by atoms with E-state index in [-0.39, 0.29) is 36.7 Å². The van der Waals surface area contributed by atoms with Crippen molar-refractivity contribution in [2.45, 2.75) is 6.42 Å². The van der Waals surface area contributed by atoms with Gasteiger partial charge in [-0.3, -0.25) is 9.10 Å². The van der Waals surface area contributed by atoms with Crippen LogP contribution in [0.4, 0.5) is 5.69 Å². The number of nitrogens with zero attached hydrogens (tertiary/aromatic N) is 1. The van der Waals surface area contributed by atoms with Crippen LogP contribution in [0.2, 0.25) is 0 Å². The largest absolute Gasteiger partial charge is 0.465 e. The topological polar surface area (TPSA) is 92.8 Å². The van der Waals surface area contributed by atoms with Crippen LogP contribution in [0.1, 0.15) is 15.9 Å². The maximum atomic E-state index is 12.2.